The number of hydrogen-bond donors (Lipinski definition) is 2. The zero-order chi connectivity index (χ0) is 9.68. The lowest BCUT2D eigenvalue weighted by molar-refractivity contribution is 0.981. The summed E-state index contributed by atoms with van der Waals surface area (Å²) in [6.45, 7) is 0. The summed E-state index contributed by atoms with van der Waals surface area (Å²) < 4.78 is 0. The van der Waals surface area contributed by atoms with Gasteiger partial charge < -0.3 is 5.43 Å². The van der Waals surface area contributed by atoms with Crippen LogP contribution in [0.3, 0.4) is 0 Å². The van der Waals surface area contributed by atoms with Gasteiger partial charge in [-0.05, 0) is 11.6 Å². The molecule has 0 bridgehead atoms. The molecule has 0 atom stereocenters. The molecule has 70 valence electrons. The van der Waals surface area contributed by atoms with Crippen molar-refractivity contribution < 1.29 is 0 Å². The van der Waals surface area contributed by atoms with E-state index in [-0.39, 0.29) is 0 Å². The van der Waals surface area contributed by atoms with Gasteiger partial charge in [0, 0.05) is 18.5 Å². The summed E-state index contributed by atoms with van der Waals surface area (Å²) in [5.74, 6) is 5.97. The van der Waals surface area contributed by atoms with E-state index in [2.05, 4.69) is 10.4 Å². The summed E-state index contributed by atoms with van der Waals surface area (Å²) in [5.41, 5.74) is 3.54. The van der Waals surface area contributed by atoms with Gasteiger partial charge in [0.15, 0.2) is 0 Å². The molecule has 0 amide bonds. The van der Waals surface area contributed by atoms with Crippen LogP contribution in [0.4, 0.5) is 0 Å². The highest BCUT2D eigenvalue weighted by molar-refractivity contribution is 6.31. The highest BCUT2D eigenvalue weighted by Gasteiger charge is 2.01. The normalized spacial score (nSPS) is 11.5. The molecule has 0 saturated heterocycles. The maximum Gasteiger partial charge on any atom is 0.114 e. The molecule has 0 fully saturated rings. The van der Waals surface area contributed by atoms with Crippen LogP contribution in [0.1, 0.15) is 5.56 Å². The fourth-order valence-electron chi connectivity index (χ4n) is 1.02. The van der Waals surface area contributed by atoms with Crippen LogP contribution in [0.2, 0.25) is 5.02 Å². The summed E-state index contributed by atoms with van der Waals surface area (Å²) in [6.07, 6.45) is 0.632. The van der Waals surface area contributed by atoms with E-state index < -0.39 is 0 Å². The van der Waals surface area contributed by atoms with Gasteiger partial charge in [0.05, 0.1) is 0 Å². The zero-order valence-corrected chi connectivity index (χ0v) is 8.17. The number of benzene rings is 1. The topological polar surface area (TPSA) is 50.4 Å². The van der Waals surface area contributed by atoms with Crippen molar-refractivity contribution in [3.05, 3.63) is 34.9 Å². The zero-order valence-electron chi connectivity index (χ0n) is 7.42. The number of nitrogens with one attached hydrogen (secondary N) is 1. The van der Waals surface area contributed by atoms with Crippen LogP contribution in [0.25, 0.3) is 0 Å². The highest BCUT2D eigenvalue weighted by atomic mass is 35.5. The molecule has 3 N–H and O–H groups in total. The minimum atomic E-state index is 0.632. The average Bonchev–Trinajstić information content (AvgIpc) is 2.17. The number of nitrogens with zero attached hydrogens (tertiary/aromatic N) is 1. The SMILES string of the molecule is CN=C(Cc1ccccc1Cl)NN. The van der Waals surface area contributed by atoms with Gasteiger partial charge in [0.2, 0.25) is 0 Å². The molecule has 0 aliphatic rings. The van der Waals surface area contributed by atoms with E-state index in [0.29, 0.717) is 12.3 Å². The Morgan fingerprint density at radius 1 is 1.54 bits per heavy atom. The fraction of sp³-hybridized carbons (Fsp3) is 0.222. The van der Waals surface area contributed by atoms with Gasteiger partial charge in [0.1, 0.15) is 5.84 Å². The van der Waals surface area contributed by atoms with Gasteiger partial charge in [0.25, 0.3) is 0 Å². The second-order valence-electron chi connectivity index (χ2n) is 2.58. The minimum absolute atomic E-state index is 0.632. The smallest absolute Gasteiger partial charge is 0.114 e. The number of hydrogen-bond acceptors (Lipinski definition) is 2. The first kappa shape index (κ1) is 10.0. The minimum Gasteiger partial charge on any atom is -0.312 e. The van der Waals surface area contributed by atoms with E-state index in [1.54, 1.807) is 7.05 Å². The molecule has 1 rings (SSSR count). The molecule has 3 nitrogen and oxygen atoms in total. The molecule has 0 saturated carbocycles. The van der Waals surface area contributed by atoms with Gasteiger partial charge in [-0.15, -0.1) is 0 Å². The maximum absolute atomic E-state index is 5.96. The molecule has 0 heterocycles. The molecule has 0 radical (unpaired) electrons. The Bertz CT molecular complexity index is 309. The summed E-state index contributed by atoms with van der Waals surface area (Å²) in [7, 11) is 1.69. The lowest BCUT2D eigenvalue weighted by atomic mass is 10.1. The first-order valence-electron chi connectivity index (χ1n) is 3.93. The van der Waals surface area contributed by atoms with Gasteiger partial charge in [-0.2, -0.15) is 0 Å². The summed E-state index contributed by atoms with van der Waals surface area (Å²) in [5, 5.41) is 0.735. The number of aliphatic imine (C=N–C) groups is 1. The van der Waals surface area contributed by atoms with Crippen molar-refractivity contribution >= 4 is 17.4 Å². The third kappa shape index (κ3) is 2.72. The van der Waals surface area contributed by atoms with Gasteiger partial charge in [-0.25, -0.2) is 5.84 Å². The van der Waals surface area contributed by atoms with Crippen molar-refractivity contribution in [3.8, 4) is 0 Å². The van der Waals surface area contributed by atoms with Crippen LogP contribution in [0, 0.1) is 0 Å². The first-order valence-corrected chi connectivity index (χ1v) is 4.31. The standard InChI is InChI=1S/C9H12ClN3/c1-12-9(13-11)6-7-4-2-3-5-8(7)10/h2-5H,6,11H2,1H3,(H,12,13). The Morgan fingerprint density at radius 3 is 2.77 bits per heavy atom. The Morgan fingerprint density at radius 2 is 2.23 bits per heavy atom. The lowest BCUT2D eigenvalue weighted by Gasteiger charge is -2.05. The van der Waals surface area contributed by atoms with Gasteiger partial charge in [-0.3, -0.25) is 4.99 Å². The lowest BCUT2D eigenvalue weighted by Crippen LogP contribution is -2.31. The molecule has 13 heavy (non-hydrogen) atoms. The summed E-state index contributed by atoms with van der Waals surface area (Å²) in [6, 6.07) is 7.63. The number of nitrogens with two attached hydrogens (primary N) is 1. The molecule has 1 aromatic carbocycles. The molecule has 0 aromatic heterocycles. The Hall–Kier alpha value is -1.06. The van der Waals surface area contributed by atoms with E-state index in [1.165, 1.54) is 0 Å². The largest absolute Gasteiger partial charge is 0.312 e. The van der Waals surface area contributed by atoms with E-state index in [1.807, 2.05) is 24.3 Å². The van der Waals surface area contributed by atoms with Crippen molar-refractivity contribution in [3.63, 3.8) is 0 Å². The van der Waals surface area contributed by atoms with Crippen molar-refractivity contribution in [2.24, 2.45) is 10.8 Å². The molecular formula is C9H12ClN3. The van der Waals surface area contributed by atoms with Gasteiger partial charge in [-0.1, -0.05) is 29.8 Å². The third-order valence-corrected chi connectivity index (χ3v) is 2.12. The van der Waals surface area contributed by atoms with Crippen LogP contribution in [-0.4, -0.2) is 12.9 Å². The first-order chi connectivity index (χ1) is 6.27. The number of amidine groups is 1. The van der Waals surface area contributed by atoms with Crippen LogP contribution in [0.15, 0.2) is 29.3 Å². The van der Waals surface area contributed by atoms with E-state index in [4.69, 9.17) is 17.4 Å². The molecule has 0 aliphatic heterocycles. The van der Waals surface area contributed by atoms with E-state index in [0.717, 1.165) is 10.6 Å². The monoisotopic (exact) mass is 197 g/mol. The Kier molecular flexibility index (Phi) is 3.73. The molecule has 4 heteroatoms. The summed E-state index contributed by atoms with van der Waals surface area (Å²) >= 11 is 5.96. The summed E-state index contributed by atoms with van der Waals surface area (Å²) in [4.78, 5) is 3.96. The van der Waals surface area contributed by atoms with Crippen molar-refractivity contribution in [1.29, 1.82) is 0 Å². The number of rotatable bonds is 2. The second kappa shape index (κ2) is 4.84. The van der Waals surface area contributed by atoms with Crippen LogP contribution >= 0.6 is 11.6 Å². The van der Waals surface area contributed by atoms with Crippen LogP contribution in [-0.2, 0) is 6.42 Å². The highest BCUT2D eigenvalue weighted by Crippen LogP contribution is 2.15. The molecule has 1 aromatic rings. The Balaban J connectivity index is 2.80. The number of hydrazine groups is 1. The van der Waals surface area contributed by atoms with E-state index in [9.17, 15) is 0 Å². The van der Waals surface area contributed by atoms with Crippen molar-refractivity contribution in [2.75, 3.05) is 7.05 Å². The van der Waals surface area contributed by atoms with Crippen molar-refractivity contribution in [1.82, 2.24) is 5.43 Å². The average molecular weight is 198 g/mol. The van der Waals surface area contributed by atoms with E-state index >= 15 is 0 Å². The predicted octanol–water partition coefficient (Wildman–Crippen LogP) is 1.37. The maximum atomic E-state index is 5.96. The van der Waals surface area contributed by atoms with Crippen molar-refractivity contribution in [2.45, 2.75) is 6.42 Å². The Labute approximate surface area is 82.6 Å². The number of halogens is 1. The molecule has 0 spiro atoms. The predicted molar refractivity (Wildman–Crippen MR) is 55.8 cm³/mol. The molecule has 0 unspecified atom stereocenters. The third-order valence-electron chi connectivity index (χ3n) is 1.75. The van der Waals surface area contributed by atoms with Gasteiger partial charge >= 0.3 is 0 Å². The quantitative estimate of drug-likeness (QED) is 0.326. The fourth-order valence-corrected chi connectivity index (χ4v) is 1.22. The molecular weight excluding hydrogens is 186 g/mol. The van der Waals surface area contributed by atoms with Crippen LogP contribution in [0.5, 0.6) is 0 Å². The van der Waals surface area contributed by atoms with Crippen LogP contribution < -0.4 is 11.3 Å². The second-order valence-corrected chi connectivity index (χ2v) is 2.99. The molecule has 0 aliphatic carbocycles.